The summed E-state index contributed by atoms with van der Waals surface area (Å²) in [6.45, 7) is 19.4. The van der Waals surface area contributed by atoms with Crippen molar-refractivity contribution >= 4 is 14.2 Å². The van der Waals surface area contributed by atoms with Crippen LogP contribution in [0.1, 0.15) is 111 Å². The van der Waals surface area contributed by atoms with Crippen molar-refractivity contribution in [3.8, 4) is 0 Å². The van der Waals surface area contributed by atoms with Crippen LogP contribution in [0.3, 0.4) is 0 Å². The summed E-state index contributed by atoms with van der Waals surface area (Å²) in [5.74, 6) is 2.66. The molecule has 48 heavy (non-hydrogen) atoms. The van der Waals surface area contributed by atoms with E-state index in [-0.39, 0.29) is 40.0 Å². The molecule has 6 heteroatoms. The van der Waals surface area contributed by atoms with Crippen molar-refractivity contribution in [2.24, 2.45) is 39.5 Å². The van der Waals surface area contributed by atoms with Gasteiger partial charge in [-0.05, 0) is 98.2 Å². The van der Waals surface area contributed by atoms with Crippen LogP contribution in [0.25, 0.3) is 0 Å². The van der Waals surface area contributed by atoms with Gasteiger partial charge in [0.05, 0.1) is 17.6 Å². The summed E-state index contributed by atoms with van der Waals surface area (Å²) in [7, 11) is -1.88. The van der Waals surface area contributed by atoms with Crippen molar-refractivity contribution in [2.75, 3.05) is 6.61 Å². The Balaban J connectivity index is 1.12. The molecule has 5 aliphatic rings. The molecule has 1 aromatic carbocycles. The maximum Gasteiger partial charge on any atom is 0.193 e. The Morgan fingerprint density at radius 3 is 2.46 bits per heavy atom. The van der Waals surface area contributed by atoms with Crippen molar-refractivity contribution in [1.82, 2.24) is 0 Å². The molecule has 0 spiro atoms. The number of hydrogen-bond acceptors (Lipinski definition) is 4. The van der Waals surface area contributed by atoms with Crippen molar-refractivity contribution < 1.29 is 19.4 Å². The average Bonchev–Trinajstić information content (AvgIpc) is 3.54. The highest BCUT2D eigenvalue weighted by atomic mass is 28.4. The number of fused-ring (bicyclic) bond motifs is 1. The summed E-state index contributed by atoms with van der Waals surface area (Å²) in [4.78, 5) is 4.95. The highest BCUT2D eigenvalue weighted by molar-refractivity contribution is 6.74. The Labute approximate surface area is 292 Å². The lowest BCUT2D eigenvalue weighted by molar-refractivity contribution is 0.0384. The van der Waals surface area contributed by atoms with Gasteiger partial charge in [-0.25, -0.2) is 4.99 Å². The molecule has 0 radical (unpaired) electrons. The number of allylic oxidation sites excluding steroid dienone is 4. The van der Waals surface area contributed by atoms with Crippen LogP contribution < -0.4 is 0 Å². The zero-order chi connectivity index (χ0) is 34.5. The standard InChI is InChI=1S/C42H63NO4Si/c1-28(16-21-38(45)42(23-24-42)39-43-36(27-46-39)31-13-10-9-11-14-31)34-19-20-35-30(15-12-22-41(34,35)6)17-18-32-25-33(26-37(44)29(32)2)47-48(7,8)40(3,4)5/h9-11,13-14,16-18,21,28-29,33-38,44-45H,12,15,19-20,22-27H2,1-8H3/p+1/b21-16+,30-17+,32-18-/t28-,29?,33?,34-,35+,36?,37+,38-,41-/m1/s1. The molecular weight excluding hydrogens is 611 g/mol. The molecule has 9 atom stereocenters. The van der Waals surface area contributed by atoms with Crippen molar-refractivity contribution in [2.45, 2.75) is 142 Å². The van der Waals surface area contributed by atoms with Crippen molar-refractivity contribution in [1.29, 1.82) is 0 Å². The third-order valence-corrected chi connectivity index (χ3v) is 18.4. The third kappa shape index (κ3) is 6.98. The summed E-state index contributed by atoms with van der Waals surface area (Å²) >= 11 is 0. The topological polar surface area (TPSA) is 74.0 Å². The average molecular weight is 675 g/mol. The van der Waals surface area contributed by atoms with Crippen LogP contribution in [0, 0.1) is 34.5 Å². The lowest BCUT2D eigenvalue weighted by Gasteiger charge is -2.44. The number of hydrogen-bond donors (Lipinski definition) is 1. The van der Waals surface area contributed by atoms with Crippen LogP contribution in [-0.2, 0) is 9.16 Å². The predicted octanol–water partition coefficient (Wildman–Crippen LogP) is 9.47. The molecule has 1 aliphatic heterocycles. The SMILES string of the molecule is CC1/C(=C\C=C2/CCC[C@]3(C)[C@@H]([C@H](C)/C=C/[C@@H](O)C4(C5=NC(c6ccccc6)CO5)CC4)CC[C@@H]23)CC(O[Si](C)(C)C(C)(C)C)C[C@@H]1[OH2+]. The van der Waals surface area contributed by atoms with Crippen molar-refractivity contribution in [3.05, 3.63) is 71.3 Å². The first-order valence-electron chi connectivity index (χ1n) is 19.1. The van der Waals surface area contributed by atoms with E-state index < -0.39 is 14.4 Å². The zero-order valence-corrected chi connectivity index (χ0v) is 32.1. The predicted molar refractivity (Wildman–Crippen MR) is 201 cm³/mol. The Hall–Kier alpha value is -1.99. The molecule has 5 nitrogen and oxygen atoms in total. The fourth-order valence-electron chi connectivity index (χ4n) is 9.40. The second-order valence-corrected chi connectivity index (χ2v) is 22.7. The van der Waals surface area contributed by atoms with Gasteiger partial charge in [-0.1, -0.05) is 107 Å². The molecule has 264 valence electrons. The lowest BCUT2D eigenvalue weighted by Crippen LogP contribution is -2.46. The Morgan fingerprint density at radius 1 is 1.06 bits per heavy atom. The highest BCUT2D eigenvalue weighted by Gasteiger charge is 2.56. The van der Waals surface area contributed by atoms with E-state index >= 15 is 0 Å². The smallest absolute Gasteiger partial charge is 0.193 e. The minimum Gasteiger partial charge on any atom is -0.478 e. The Bertz CT molecular complexity index is 1420. The van der Waals surface area contributed by atoms with Crippen LogP contribution in [-0.4, -0.2) is 49.3 Å². The number of aliphatic hydroxyl groups excluding tert-OH is 1. The molecule has 0 saturated heterocycles. The Morgan fingerprint density at radius 2 is 1.77 bits per heavy atom. The maximum atomic E-state index is 11.5. The number of ether oxygens (including phenoxy) is 1. The summed E-state index contributed by atoms with van der Waals surface area (Å²) in [6, 6.07) is 10.4. The van der Waals surface area contributed by atoms with Crippen LogP contribution in [0.4, 0.5) is 0 Å². The minimum absolute atomic E-state index is 0.0279. The lowest BCUT2D eigenvalue weighted by atomic mass is 9.61. The number of aliphatic imine (C=N–C) groups is 1. The second-order valence-electron chi connectivity index (χ2n) is 17.9. The molecule has 4 aliphatic carbocycles. The fourth-order valence-corrected chi connectivity index (χ4v) is 10.8. The molecule has 1 heterocycles. The van der Waals surface area contributed by atoms with Gasteiger partial charge in [0.1, 0.15) is 12.6 Å². The quantitative estimate of drug-likeness (QED) is 0.161. The Kier molecular flexibility index (Phi) is 10.2. The maximum absolute atomic E-state index is 11.5. The van der Waals surface area contributed by atoms with Gasteiger partial charge in [0, 0.05) is 12.3 Å². The monoisotopic (exact) mass is 674 g/mol. The molecule has 3 N–H and O–H groups in total. The second kappa shape index (κ2) is 13.6. The molecule has 0 aromatic heterocycles. The molecular formula is C42H64NO4Si+. The minimum atomic E-state index is -1.88. The van der Waals surface area contributed by atoms with Gasteiger partial charge in [0.25, 0.3) is 0 Å². The molecule has 3 unspecified atom stereocenters. The van der Waals surface area contributed by atoms with Gasteiger partial charge in [0.15, 0.2) is 20.3 Å². The summed E-state index contributed by atoms with van der Waals surface area (Å²) in [5, 5.41) is 20.5. The summed E-state index contributed by atoms with van der Waals surface area (Å²) < 4.78 is 13.0. The van der Waals surface area contributed by atoms with Crippen LogP contribution in [0.5, 0.6) is 0 Å². The van der Waals surface area contributed by atoms with Crippen LogP contribution in [0.2, 0.25) is 18.1 Å². The molecule has 4 fully saturated rings. The van der Waals surface area contributed by atoms with E-state index in [4.69, 9.17) is 19.3 Å². The first-order valence-corrected chi connectivity index (χ1v) is 22.0. The molecule has 1 aromatic rings. The van der Waals surface area contributed by atoms with Gasteiger partial charge in [-0.2, -0.15) is 0 Å². The van der Waals surface area contributed by atoms with E-state index in [0.717, 1.165) is 31.6 Å². The zero-order valence-electron chi connectivity index (χ0n) is 31.1. The molecule has 0 bridgehead atoms. The van der Waals surface area contributed by atoms with E-state index in [1.54, 1.807) is 5.57 Å². The largest absolute Gasteiger partial charge is 0.478 e. The van der Waals surface area contributed by atoms with Crippen molar-refractivity contribution in [3.63, 3.8) is 0 Å². The molecule has 0 amide bonds. The third-order valence-electron chi connectivity index (χ3n) is 13.8. The first-order chi connectivity index (χ1) is 22.6. The number of aliphatic hydroxyl groups is 1. The van der Waals surface area contributed by atoms with E-state index in [1.165, 1.54) is 43.2 Å². The highest BCUT2D eigenvalue weighted by Crippen LogP contribution is 2.60. The van der Waals surface area contributed by atoms with Gasteiger partial charge in [0.2, 0.25) is 0 Å². The fraction of sp³-hybridized carbons (Fsp3) is 0.690. The van der Waals surface area contributed by atoms with Gasteiger partial charge >= 0.3 is 0 Å². The summed E-state index contributed by atoms with van der Waals surface area (Å²) in [6.07, 6.45) is 18.7. The van der Waals surface area contributed by atoms with Crippen LogP contribution in [0.15, 0.2) is 70.8 Å². The number of rotatable bonds is 9. The van der Waals surface area contributed by atoms with E-state index in [1.807, 2.05) is 6.07 Å². The van der Waals surface area contributed by atoms with E-state index in [9.17, 15) is 5.11 Å². The van der Waals surface area contributed by atoms with Gasteiger partial charge < -0.3 is 19.4 Å². The number of benzene rings is 1. The van der Waals surface area contributed by atoms with Gasteiger partial charge in [-0.15, -0.1) is 0 Å². The normalized spacial score (nSPS) is 36.6. The van der Waals surface area contributed by atoms with Crippen LogP contribution >= 0.6 is 0 Å². The van der Waals surface area contributed by atoms with Gasteiger partial charge in [-0.3, -0.25) is 0 Å². The first kappa shape index (κ1) is 35.8. The molecule has 4 saturated carbocycles. The van der Waals surface area contributed by atoms with E-state index in [0.29, 0.717) is 24.4 Å². The summed E-state index contributed by atoms with van der Waals surface area (Å²) in [5.41, 5.74) is 4.14. The molecule has 6 rings (SSSR count). The number of nitrogens with zero attached hydrogens (tertiary/aromatic N) is 1. The van der Waals surface area contributed by atoms with E-state index in [2.05, 4.69) is 103 Å².